The summed E-state index contributed by atoms with van der Waals surface area (Å²) in [6.07, 6.45) is -4.35. The van der Waals surface area contributed by atoms with Gasteiger partial charge in [-0.05, 0) is 40.6 Å². The fourth-order valence-corrected chi connectivity index (χ4v) is 3.14. The number of piperazine rings is 1. The molecule has 6 nitrogen and oxygen atoms in total. The molecule has 0 N–H and O–H groups in total. The first-order valence-electron chi connectivity index (χ1n) is 8.72. The molecule has 2 aromatic rings. The van der Waals surface area contributed by atoms with E-state index >= 15 is 0 Å². The highest BCUT2D eigenvalue weighted by Gasteiger charge is 2.30. The normalized spacial score (nSPS) is 17.2. The second-order valence-electron chi connectivity index (χ2n) is 7.02. The number of hydrogen-bond donors (Lipinski definition) is 0. The zero-order valence-electron chi connectivity index (χ0n) is 14.9. The van der Waals surface area contributed by atoms with Crippen LogP contribution >= 0.6 is 0 Å². The Morgan fingerprint density at radius 2 is 1.62 bits per heavy atom. The average Bonchev–Trinajstić information content (AvgIpc) is 3.03. The van der Waals surface area contributed by atoms with Crippen LogP contribution < -0.4 is 0 Å². The molecule has 0 radical (unpaired) electrons. The first kappa shape index (κ1) is 18.8. The summed E-state index contributed by atoms with van der Waals surface area (Å²) in [6.45, 7) is 9.94. The number of aromatic nitrogens is 4. The molecule has 0 spiro atoms. The van der Waals surface area contributed by atoms with Crippen molar-refractivity contribution < 1.29 is 13.2 Å². The molecule has 1 aliphatic rings. The van der Waals surface area contributed by atoms with Crippen LogP contribution in [-0.2, 0) is 12.7 Å². The summed E-state index contributed by atoms with van der Waals surface area (Å²) in [7, 11) is 0. The van der Waals surface area contributed by atoms with Gasteiger partial charge < -0.3 is 4.90 Å². The molecular weight excluding hydrogens is 345 g/mol. The van der Waals surface area contributed by atoms with Crippen molar-refractivity contribution in [3.8, 4) is 5.69 Å². The van der Waals surface area contributed by atoms with E-state index in [0.29, 0.717) is 24.0 Å². The van der Waals surface area contributed by atoms with Crippen molar-refractivity contribution in [1.29, 1.82) is 0 Å². The van der Waals surface area contributed by atoms with E-state index in [2.05, 4.69) is 39.2 Å². The van der Waals surface area contributed by atoms with Crippen molar-refractivity contribution >= 4 is 0 Å². The molecule has 26 heavy (non-hydrogen) atoms. The molecular formula is C17H23F3N6. The maximum atomic E-state index is 12.7. The lowest BCUT2D eigenvalue weighted by Crippen LogP contribution is -2.47. The molecule has 0 aliphatic carbocycles. The van der Waals surface area contributed by atoms with Gasteiger partial charge in [0.2, 0.25) is 0 Å². The van der Waals surface area contributed by atoms with E-state index < -0.39 is 11.7 Å². The van der Waals surface area contributed by atoms with Crippen LogP contribution in [0.25, 0.3) is 5.69 Å². The third-order valence-corrected chi connectivity index (χ3v) is 4.43. The molecule has 3 rings (SSSR count). The molecule has 0 saturated carbocycles. The van der Waals surface area contributed by atoms with E-state index in [1.54, 1.807) is 0 Å². The molecule has 0 unspecified atom stereocenters. The number of alkyl halides is 3. The molecule has 1 saturated heterocycles. The summed E-state index contributed by atoms with van der Waals surface area (Å²) in [5, 5.41) is 11.7. The van der Waals surface area contributed by atoms with Crippen molar-refractivity contribution in [1.82, 2.24) is 30.0 Å². The summed E-state index contributed by atoms with van der Waals surface area (Å²) in [5.41, 5.74) is -0.159. The predicted molar refractivity (Wildman–Crippen MR) is 90.7 cm³/mol. The van der Waals surface area contributed by atoms with Crippen molar-refractivity contribution in [2.75, 3.05) is 32.7 Å². The van der Waals surface area contributed by atoms with Gasteiger partial charge in [0.25, 0.3) is 0 Å². The largest absolute Gasteiger partial charge is 0.416 e. The minimum Gasteiger partial charge on any atom is -0.301 e. The molecule has 0 amide bonds. The highest BCUT2D eigenvalue weighted by Crippen LogP contribution is 2.29. The van der Waals surface area contributed by atoms with Crippen LogP contribution in [0.3, 0.4) is 0 Å². The van der Waals surface area contributed by atoms with Gasteiger partial charge in [-0.15, -0.1) is 5.10 Å². The van der Waals surface area contributed by atoms with Gasteiger partial charge in [0, 0.05) is 32.7 Å². The number of hydrogen-bond acceptors (Lipinski definition) is 5. The van der Waals surface area contributed by atoms with E-state index in [-0.39, 0.29) is 0 Å². The minimum absolute atomic E-state index is 0.524. The van der Waals surface area contributed by atoms with Gasteiger partial charge in [0.15, 0.2) is 5.82 Å². The first-order valence-corrected chi connectivity index (χ1v) is 8.72. The number of nitrogens with zero attached hydrogens (tertiary/aromatic N) is 6. The number of tetrazole rings is 1. The Morgan fingerprint density at radius 1 is 1.00 bits per heavy atom. The highest BCUT2D eigenvalue weighted by atomic mass is 19.4. The van der Waals surface area contributed by atoms with Crippen LogP contribution in [0.4, 0.5) is 13.2 Å². The minimum atomic E-state index is -4.35. The predicted octanol–water partition coefficient (Wildman–Crippen LogP) is 2.45. The lowest BCUT2D eigenvalue weighted by atomic mass is 10.2. The highest BCUT2D eigenvalue weighted by molar-refractivity contribution is 5.35. The summed E-state index contributed by atoms with van der Waals surface area (Å²) < 4.78 is 39.6. The van der Waals surface area contributed by atoms with Crippen LogP contribution in [0.2, 0.25) is 0 Å². The summed E-state index contributed by atoms with van der Waals surface area (Å²) in [5.74, 6) is 1.27. The van der Waals surface area contributed by atoms with Crippen LogP contribution in [0.1, 0.15) is 25.2 Å². The van der Waals surface area contributed by atoms with Crippen molar-refractivity contribution in [2.45, 2.75) is 26.6 Å². The Morgan fingerprint density at radius 3 is 2.19 bits per heavy atom. The maximum Gasteiger partial charge on any atom is 0.416 e. The summed E-state index contributed by atoms with van der Waals surface area (Å²) in [6, 6.07) is 4.88. The van der Waals surface area contributed by atoms with E-state index in [1.165, 1.54) is 16.8 Å². The quantitative estimate of drug-likeness (QED) is 0.812. The average molecular weight is 368 g/mol. The monoisotopic (exact) mass is 368 g/mol. The topological polar surface area (TPSA) is 50.1 Å². The van der Waals surface area contributed by atoms with Crippen LogP contribution in [0.15, 0.2) is 24.3 Å². The number of halogens is 3. The Hall–Kier alpha value is -2.00. The van der Waals surface area contributed by atoms with Gasteiger partial charge in [-0.2, -0.15) is 17.9 Å². The summed E-state index contributed by atoms with van der Waals surface area (Å²) >= 11 is 0. The Bertz CT molecular complexity index is 702. The maximum absolute atomic E-state index is 12.7. The first-order chi connectivity index (χ1) is 12.3. The van der Waals surface area contributed by atoms with E-state index in [1.807, 2.05) is 0 Å². The lowest BCUT2D eigenvalue weighted by molar-refractivity contribution is -0.137. The molecule has 9 heteroatoms. The summed E-state index contributed by atoms with van der Waals surface area (Å²) in [4.78, 5) is 4.71. The fraction of sp³-hybridized carbons (Fsp3) is 0.588. The van der Waals surface area contributed by atoms with Gasteiger partial charge >= 0.3 is 6.18 Å². The second kappa shape index (κ2) is 7.71. The molecule has 142 valence electrons. The molecule has 0 atom stereocenters. The van der Waals surface area contributed by atoms with Gasteiger partial charge in [-0.25, -0.2) is 0 Å². The lowest BCUT2D eigenvalue weighted by Gasteiger charge is -2.35. The Labute approximate surface area is 150 Å². The molecule has 1 aliphatic heterocycles. The van der Waals surface area contributed by atoms with Crippen LogP contribution in [0, 0.1) is 5.92 Å². The zero-order valence-corrected chi connectivity index (χ0v) is 14.9. The van der Waals surface area contributed by atoms with Crippen molar-refractivity contribution in [2.24, 2.45) is 5.92 Å². The number of benzene rings is 1. The Kier molecular flexibility index (Phi) is 5.57. The molecule has 2 heterocycles. The van der Waals surface area contributed by atoms with Gasteiger partial charge in [-0.3, -0.25) is 4.90 Å². The third-order valence-electron chi connectivity index (χ3n) is 4.43. The van der Waals surface area contributed by atoms with Crippen molar-refractivity contribution in [3.63, 3.8) is 0 Å². The van der Waals surface area contributed by atoms with Crippen LogP contribution in [0.5, 0.6) is 0 Å². The van der Waals surface area contributed by atoms with E-state index in [0.717, 1.165) is 44.9 Å². The third kappa shape index (κ3) is 4.59. The Balaban J connectivity index is 1.64. The standard InChI is InChI=1S/C17H23F3N6/c1-13(2)11-24-7-9-25(10-8-24)12-16-21-22-23-26(16)15-5-3-14(4-6-15)17(18,19)20/h3-6,13H,7-12H2,1-2H3. The van der Waals surface area contributed by atoms with E-state index in [9.17, 15) is 13.2 Å². The van der Waals surface area contributed by atoms with E-state index in [4.69, 9.17) is 0 Å². The number of rotatable bonds is 5. The molecule has 1 aromatic heterocycles. The smallest absolute Gasteiger partial charge is 0.301 e. The zero-order chi connectivity index (χ0) is 18.7. The SMILES string of the molecule is CC(C)CN1CCN(Cc2nnnn2-c2ccc(C(F)(F)F)cc2)CC1. The van der Waals surface area contributed by atoms with Crippen LogP contribution in [-0.4, -0.2) is 62.7 Å². The van der Waals surface area contributed by atoms with Gasteiger partial charge in [0.05, 0.1) is 17.8 Å². The molecule has 1 fully saturated rings. The molecule has 1 aromatic carbocycles. The van der Waals surface area contributed by atoms with Gasteiger partial charge in [0.1, 0.15) is 0 Å². The fourth-order valence-electron chi connectivity index (χ4n) is 3.14. The molecule has 0 bridgehead atoms. The van der Waals surface area contributed by atoms with Crippen molar-refractivity contribution in [3.05, 3.63) is 35.7 Å². The second-order valence-corrected chi connectivity index (χ2v) is 7.02. The van der Waals surface area contributed by atoms with Gasteiger partial charge in [-0.1, -0.05) is 13.8 Å².